The van der Waals surface area contributed by atoms with Gasteiger partial charge in [0.1, 0.15) is 11.6 Å². The standard InChI is InChI=1S/C16H20N4O/c1-2-17-13-10-14(20-16(11-21)8-9-16)19-15(18-13)12-6-4-3-5-7-12/h3-7,10,21H,2,8-9,11H2,1H3,(H2,17,18,19,20). The summed E-state index contributed by atoms with van der Waals surface area (Å²) in [6.45, 7) is 2.97. The number of anilines is 2. The van der Waals surface area contributed by atoms with Crippen LogP contribution in [0.25, 0.3) is 11.4 Å². The molecule has 2 aromatic rings. The molecular weight excluding hydrogens is 264 g/mol. The van der Waals surface area contributed by atoms with Crippen LogP contribution < -0.4 is 10.6 Å². The smallest absolute Gasteiger partial charge is 0.163 e. The summed E-state index contributed by atoms with van der Waals surface area (Å²) in [5, 5.41) is 16.0. The molecule has 0 atom stereocenters. The van der Waals surface area contributed by atoms with Gasteiger partial charge in [-0.2, -0.15) is 0 Å². The van der Waals surface area contributed by atoms with Gasteiger partial charge in [-0.25, -0.2) is 9.97 Å². The summed E-state index contributed by atoms with van der Waals surface area (Å²) >= 11 is 0. The lowest BCUT2D eigenvalue weighted by atomic mass is 10.2. The molecule has 0 spiro atoms. The molecular formula is C16H20N4O. The Morgan fingerprint density at radius 3 is 2.48 bits per heavy atom. The summed E-state index contributed by atoms with van der Waals surface area (Å²) in [6, 6.07) is 11.8. The van der Waals surface area contributed by atoms with Gasteiger partial charge in [0.25, 0.3) is 0 Å². The number of nitrogens with zero attached hydrogens (tertiary/aromatic N) is 2. The molecule has 0 unspecified atom stereocenters. The number of rotatable bonds is 6. The highest BCUT2D eigenvalue weighted by molar-refractivity contribution is 5.61. The first kappa shape index (κ1) is 13.8. The van der Waals surface area contributed by atoms with Crippen molar-refractivity contribution in [1.29, 1.82) is 0 Å². The van der Waals surface area contributed by atoms with Crippen LogP contribution in [0.5, 0.6) is 0 Å². The minimum atomic E-state index is -0.189. The molecule has 1 heterocycles. The van der Waals surface area contributed by atoms with Crippen molar-refractivity contribution in [3.63, 3.8) is 0 Å². The zero-order valence-electron chi connectivity index (χ0n) is 12.1. The van der Waals surface area contributed by atoms with Crippen LogP contribution in [0.1, 0.15) is 19.8 Å². The van der Waals surface area contributed by atoms with Gasteiger partial charge >= 0.3 is 0 Å². The predicted octanol–water partition coefficient (Wildman–Crippen LogP) is 2.51. The van der Waals surface area contributed by atoms with Crippen LogP contribution in [0.2, 0.25) is 0 Å². The van der Waals surface area contributed by atoms with Gasteiger partial charge in [0.05, 0.1) is 12.1 Å². The van der Waals surface area contributed by atoms with Crippen molar-refractivity contribution in [3.05, 3.63) is 36.4 Å². The second-order valence-electron chi connectivity index (χ2n) is 5.42. The van der Waals surface area contributed by atoms with Crippen LogP contribution in [0.4, 0.5) is 11.6 Å². The summed E-state index contributed by atoms with van der Waals surface area (Å²) in [4.78, 5) is 9.13. The number of aliphatic hydroxyl groups excluding tert-OH is 1. The maximum absolute atomic E-state index is 9.46. The van der Waals surface area contributed by atoms with Crippen molar-refractivity contribution in [2.75, 3.05) is 23.8 Å². The fourth-order valence-corrected chi connectivity index (χ4v) is 2.24. The van der Waals surface area contributed by atoms with Gasteiger partial charge < -0.3 is 15.7 Å². The molecule has 0 saturated heterocycles. The topological polar surface area (TPSA) is 70.1 Å². The zero-order valence-corrected chi connectivity index (χ0v) is 12.1. The predicted molar refractivity (Wildman–Crippen MR) is 84.3 cm³/mol. The van der Waals surface area contributed by atoms with E-state index in [0.717, 1.165) is 36.6 Å². The number of nitrogens with one attached hydrogen (secondary N) is 2. The molecule has 5 heteroatoms. The third kappa shape index (κ3) is 3.13. The molecule has 0 bridgehead atoms. The Hall–Kier alpha value is -2.14. The Balaban J connectivity index is 1.94. The van der Waals surface area contributed by atoms with Crippen LogP contribution in [-0.4, -0.2) is 33.8 Å². The van der Waals surface area contributed by atoms with E-state index in [9.17, 15) is 5.11 Å². The van der Waals surface area contributed by atoms with E-state index >= 15 is 0 Å². The van der Waals surface area contributed by atoms with Gasteiger partial charge in [-0.3, -0.25) is 0 Å². The number of hydrogen-bond acceptors (Lipinski definition) is 5. The number of benzene rings is 1. The second kappa shape index (κ2) is 5.69. The monoisotopic (exact) mass is 284 g/mol. The number of aromatic nitrogens is 2. The van der Waals surface area contributed by atoms with Crippen molar-refractivity contribution >= 4 is 11.6 Å². The summed E-state index contributed by atoms with van der Waals surface area (Å²) in [5.41, 5.74) is 0.792. The lowest BCUT2D eigenvalue weighted by Crippen LogP contribution is -2.26. The minimum absolute atomic E-state index is 0.133. The zero-order chi connectivity index (χ0) is 14.7. The van der Waals surface area contributed by atoms with E-state index in [1.54, 1.807) is 0 Å². The Morgan fingerprint density at radius 2 is 1.86 bits per heavy atom. The van der Waals surface area contributed by atoms with Gasteiger partial charge in [-0.05, 0) is 19.8 Å². The fourth-order valence-electron chi connectivity index (χ4n) is 2.24. The van der Waals surface area contributed by atoms with E-state index in [-0.39, 0.29) is 12.1 Å². The lowest BCUT2D eigenvalue weighted by molar-refractivity contribution is 0.266. The molecule has 1 aliphatic rings. The Bertz CT molecular complexity index is 611. The van der Waals surface area contributed by atoms with Gasteiger partial charge in [0.15, 0.2) is 5.82 Å². The first-order valence-electron chi connectivity index (χ1n) is 7.32. The van der Waals surface area contributed by atoms with Crippen molar-refractivity contribution in [3.8, 4) is 11.4 Å². The summed E-state index contributed by atoms with van der Waals surface area (Å²) in [5.74, 6) is 2.24. The van der Waals surface area contributed by atoms with Gasteiger partial charge in [-0.15, -0.1) is 0 Å². The van der Waals surface area contributed by atoms with Crippen molar-refractivity contribution in [1.82, 2.24) is 9.97 Å². The highest BCUT2D eigenvalue weighted by Gasteiger charge is 2.42. The molecule has 0 radical (unpaired) electrons. The van der Waals surface area contributed by atoms with E-state index in [2.05, 4.69) is 20.6 Å². The summed E-state index contributed by atoms with van der Waals surface area (Å²) in [7, 11) is 0. The highest BCUT2D eigenvalue weighted by Crippen LogP contribution is 2.38. The maximum Gasteiger partial charge on any atom is 0.163 e. The lowest BCUT2D eigenvalue weighted by Gasteiger charge is -2.16. The SMILES string of the molecule is CCNc1cc(NC2(CO)CC2)nc(-c2ccccc2)n1. The average molecular weight is 284 g/mol. The molecule has 1 aromatic heterocycles. The molecule has 1 aromatic carbocycles. The molecule has 110 valence electrons. The molecule has 1 aliphatic carbocycles. The van der Waals surface area contributed by atoms with Crippen LogP contribution in [0.3, 0.4) is 0 Å². The molecule has 1 saturated carbocycles. The molecule has 0 amide bonds. The Kier molecular flexibility index (Phi) is 3.75. The first-order valence-corrected chi connectivity index (χ1v) is 7.32. The van der Waals surface area contributed by atoms with Crippen LogP contribution in [0, 0.1) is 0 Å². The third-order valence-corrected chi connectivity index (χ3v) is 3.67. The second-order valence-corrected chi connectivity index (χ2v) is 5.42. The summed E-state index contributed by atoms with van der Waals surface area (Å²) < 4.78 is 0. The van der Waals surface area contributed by atoms with E-state index in [0.29, 0.717) is 5.82 Å². The molecule has 3 N–H and O–H groups in total. The van der Waals surface area contributed by atoms with Crippen molar-refractivity contribution in [2.45, 2.75) is 25.3 Å². The third-order valence-electron chi connectivity index (χ3n) is 3.67. The molecule has 1 fully saturated rings. The highest BCUT2D eigenvalue weighted by atomic mass is 16.3. The largest absolute Gasteiger partial charge is 0.394 e. The Morgan fingerprint density at radius 1 is 1.14 bits per heavy atom. The molecule has 0 aliphatic heterocycles. The van der Waals surface area contributed by atoms with Crippen LogP contribution in [-0.2, 0) is 0 Å². The van der Waals surface area contributed by atoms with Gasteiger partial charge in [0, 0.05) is 18.2 Å². The van der Waals surface area contributed by atoms with E-state index in [1.807, 2.05) is 43.3 Å². The van der Waals surface area contributed by atoms with Gasteiger partial charge in [0.2, 0.25) is 0 Å². The van der Waals surface area contributed by atoms with Crippen molar-refractivity contribution < 1.29 is 5.11 Å². The normalized spacial score (nSPS) is 15.5. The van der Waals surface area contributed by atoms with Crippen molar-refractivity contribution in [2.24, 2.45) is 0 Å². The average Bonchev–Trinajstić information content (AvgIpc) is 3.28. The summed E-state index contributed by atoms with van der Waals surface area (Å²) in [6.07, 6.45) is 1.95. The fraction of sp³-hybridized carbons (Fsp3) is 0.375. The van der Waals surface area contributed by atoms with E-state index in [4.69, 9.17) is 0 Å². The van der Waals surface area contributed by atoms with Crippen LogP contribution >= 0.6 is 0 Å². The van der Waals surface area contributed by atoms with E-state index in [1.165, 1.54) is 0 Å². The first-order chi connectivity index (χ1) is 10.2. The molecule has 3 rings (SSSR count). The number of hydrogen-bond donors (Lipinski definition) is 3. The van der Waals surface area contributed by atoms with Crippen LogP contribution in [0.15, 0.2) is 36.4 Å². The molecule has 5 nitrogen and oxygen atoms in total. The Labute approximate surface area is 124 Å². The minimum Gasteiger partial charge on any atom is -0.394 e. The van der Waals surface area contributed by atoms with E-state index < -0.39 is 0 Å². The number of aliphatic hydroxyl groups is 1. The molecule has 21 heavy (non-hydrogen) atoms. The van der Waals surface area contributed by atoms with Gasteiger partial charge in [-0.1, -0.05) is 30.3 Å². The maximum atomic E-state index is 9.46. The quantitative estimate of drug-likeness (QED) is 0.760.